The quantitative estimate of drug-likeness (QED) is 0.408. The Labute approximate surface area is 181 Å². The molecule has 4 aromatic rings. The lowest BCUT2D eigenvalue weighted by Gasteiger charge is -2.16. The van der Waals surface area contributed by atoms with Gasteiger partial charge < -0.3 is 18.6 Å². The molecule has 2 heterocycles. The number of rotatable bonds is 6. The highest BCUT2D eigenvalue weighted by Crippen LogP contribution is 2.38. The van der Waals surface area contributed by atoms with E-state index in [0.29, 0.717) is 0 Å². The van der Waals surface area contributed by atoms with Crippen LogP contribution >= 0.6 is 0 Å². The molecule has 0 radical (unpaired) electrons. The van der Waals surface area contributed by atoms with E-state index in [1.54, 1.807) is 21.3 Å². The zero-order chi connectivity index (χ0) is 21.4. The Hall–Kier alpha value is -3.44. The van der Waals surface area contributed by atoms with Crippen LogP contribution < -0.4 is 14.2 Å². The summed E-state index contributed by atoms with van der Waals surface area (Å²) in [5.74, 6) is 3.15. The van der Waals surface area contributed by atoms with Crippen molar-refractivity contribution in [2.75, 3.05) is 21.3 Å². The zero-order valence-corrected chi connectivity index (χ0v) is 18.0. The van der Waals surface area contributed by atoms with Gasteiger partial charge >= 0.3 is 0 Å². The maximum Gasteiger partial charge on any atom is 0.176 e. The number of hydrogen-bond acceptors (Lipinski definition) is 5. The number of fused-ring (bicyclic) bond motifs is 2. The van der Waals surface area contributed by atoms with Crippen LogP contribution in [0.2, 0.25) is 0 Å². The fourth-order valence-corrected chi connectivity index (χ4v) is 4.35. The van der Waals surface area contributed by atoms with Gasteiger partial charge in [-0.3, -0.25) is 4.90 Å². The van der Waals surface area contributed by atoms with E-state index in [1.807, 2.05) is 24.3 Å². The lowest BCUT2D eigenvalue weighted by molar-refractivity contribution is 0.276. The first-order chi connectivity index (χ1) is 15.2. The molecule has 0 aliphatic carbocycles. The molecule has 0 atom stereocenters. The lowest BCUT2D eigenvalue weighted by atomic mass is 10.1. The SMILES string of the molecule is COc1cc2c(cc1OC)CN(Cc1ccc(OC)c3oc(-c4ccccc4)cc13)C2. The molecular weight excluding hydrogens is 390 g/mol. The second-order valence-electron chi connectivity index (χ2n) is 7.77. The summed E-state index contributed by atoms with van der Waals surface area (Å²) in [4.78, 5) is 2.42. The maximum atomic E-state index is 6.23. The van der Waals surface area contributed by atoms with Gasteiger partial charge in [0.05, 0.1) is 21.3 Å². The Balaban J connectivity index is 1.47. The van der Waals surface area contributed by atoms with Gasteiger partial charge in [0, 0.05) is 30.6 Å². The molecule has 0 N–H and O–H groups in total. The molecule has 5 heteroatoms. The summed E-state index contributed by atoms with van der Waals surface area (Å²) in [6.45, 7) is 2.55. The number of ether oxygens (including phenoxy) is 3. The Morgan fingerprint density at radius 1 is 0.774 bits per heavy atom. The molecule has 0 bridgehead atoms. The second kappa shape index (κ2) is 8.00. The highest BCUT2D eigenvalue weighted by atomic mass is 16.5. The third-order valence-corrected chi connectivity index (χ3v) is 5.90. The van der Waals surface area contributed by atoms with Gasteiger partial charge in [-0.15, -0.1) is 0 Å². The van der Waals surface area contributed by atoms with Crippen molar-refractivity contribution >= 4 is 11.0 Å². The van der Waals surface area contributed by atoms with E-state index < -0.39 is 0 Å². The van der Waals surface area contributed by atoms with E-state index in [4.69, 9.17) is 18.6 Å². The molecule has 158 valence electrons. The van der Waals surface area contributed by atoms with Gasteiger partial charge in [0.2, 0.25) is 0 Å². The number of methoxy groups -OCH3 is 3. The van der Waals surface area contributed by atoms with Crippen LogP contribution in [0.1, 0.15) is 16.7 Å². The minimum Gasteiger partial charge on any atom is -0.493 e. The predicted molar refractivity (Wildman–Crippen MR) is 121 cm³/mol. The Bertz CT molecular complexity index is 1200. The van der Waals surface area contributed by atoms with Gasteiger partial charge in [-0.05, 0) is 41.0 Å². The molecule has 5 rings (SSSR count). The van der Waals surface area contributed by atoms with Crippen LogP contribution in [0, 0.1) is 0 Å². The zero-order valence-electron chi connectivity index (χ0n) is 18.0. The molecule has 0 fully saturated rings. The van der Waals surface area contributed by atoms with Crippen LogP contribution in [0.3, 0.4) is 0 Å². The standard InChI is InChI=1S/C26H25NO4/c1-28-22-10-9-18(21-13-23(31-26(21)22)17-7-5-4-6-8-17)14-27-15-19-11-24(29-2)25(30-3)12-20(19)16-27/h4-13H,14-16H2,1-3H3. The molecule has 0 saturated heterocycles. The third-order valence-electron chi connectivity index (χ3n) is 5.90. The van der Waals surface area contributed by atoms with Gasteiger partial charge in [-0.1, -0.05) is 36.4 Å². The summed E-state index contributed by atoms with van der Waals surface area (Å²) in [5.41, 5.74) is 5.62. The van der Waals surface area contributed by atoms with Crippen LogP contribution in [-0.4, -0.2) is 26.2 Å². The van der Waals surface area contributed by atoms with Gasteiger partial charge in [-0.2, -0.15) is 0 Å². The molecule has 0 saturated carbocycles. The largest absolute Gasteiger partial charge is 0.493 e. The summed E-state index contributed by atoms with van der Waals surface area (Å²) in [7, 11) is 5.03. The van der Waals surface area contributed by atoms with Crippen molar-refractivity contribution in [3.63, 3.8) is 0 Å². The molecular formula is C26H25NO4. The van der Waals surface area contributed by atoms with Crippen molar-refractivity contribution in [3.05, 3.63) is 77.4 Å². The van der Waals surface area contributed by atoms with Crippen molar-refractivity contribution in [1.29, 1.82) is 0 Å². The highest BCUT2D eigenvalue weighted by molar-refractivity contribution is 5.90. The van der Waals surface area contributed by atoms with E-state index in [2.05, 4.69) is 41.3 Å². The first kappa shape index (κ1) is 19.5. The number of nitrogens with zero attached hydrogens (tertiary/aromatic N) is 1. The van der Waals surface area contributed by atoms with Crippen LogP contribution in [0.15, 0.2) is 65.1 Å². The number of hydrogen-bond donors (Lipinski definition) is 0. The minimum atomic E-state index is 0.750. The van der Waals surface area contributed by atoms with Crippen LogP contribution in [-0.2, 0) is 19.6 Å². The normalized spacial score (nSPS) is 13.4. The summed E-state index contributed by atoms with van der Waals surface area (Å²) < 4.78 is 22.7. The monoisotopic (exact) mass is 415 g/mol. The van der Waals surface area contributed by atoms with E-state index >= 15 is 0 Å². The summed E-state index contributed by atoms with van der Waals surface area (Å²) in [5, 5.41) is 1.09. The Morgan fingerprint density at radius 3 is 2.03 bits per heavy atom. The fourth-order valence-electron chi connectivity index (χ4n) is 4.35. The van der Waals surface area contributed by atoms with Crippen molar-refractivity contribution in [3.8, 4) is 28.6 Å². The predicted octanol–water partition coefficient (Wildman–Crippen LogP) is 5.64. The molecule has 0 amide bonds. The van der Waals surface area contributed by atoms with Gasteiger partial charge in [0.15, 0.2) is 22.8 Å². The summed E-state index contributed by atoms with van der Waals surface area (Å²) in [6, 6.07) is 20.6. The van der Waals surface area contributed by atoms with Gasteiger partial charge in [0.1, 0.15) is 5.76 Å². The first-order valence-corrected chi connectivity index (χ1v) is 10.3. The average molecular weight is 415 g/mol. The highest BCUT2D eigenvalue weighted by Gasteiger charge is 2.23. The maximum absolute atomic E-state index is 6.23. The molecule has 1 aromatic heterocycles. The molecule has 31 heavy (non-hydrogen) atoms. The number of benzene rings is 3. The van der Waals surface area contributed by atoms with E-state index in [-0.39, 0.29) is 0 Å². The van der Waals surface area contributed by atoms with E-state index in [9.17, 15) is 0 Å². The van der Waals surface area contributed by atoms with Crippen molar-refractivity contribution in [1.82, 2.24) is 4.90 Å². The third kappa shape index (κ3) is 3.51. The molecule has 0 spiro atoms. The van der Waals surface area contributed by atoms with Crippen LogP contribution in [0.4, 0.5) is 0 Å². The van der Waals surface area contributed by atoms with Crippen molar-refractivity contribution in [2.45, 2.75) is 19.6 Å². The van der Waals surface area contributed by atoms with E-state index in [0.717, 1.165) is 59.2 Å². The fraction of sp³-hybridized carbons (Fsp3) is 0.231. The Kier molecular flexibility index (Phi) is 5.04. The summed E-state index contributed by atoms with van der Waals surface area (Å²) in [6.07, 6.45) is 0. The molecule has 3 aromatic carbocycles. The van der Waals surface area contributed by atoms with Crippen LogP contribution in [0.25, 0.3) is 22.3 Å². The second-order valence-corrected chi connectivity index (χ2v) is 7.77. The lowest BCUT2D eigenvalue weighted by Crippen LogP contribution is -2.15. The number of furan rings is 1. The minimum absolute atomic E-state index is 0.750. The van der Waals surface area contributed by atoms with Crippen molar-refractivity contribution < 1.29 is 18.6 Å². The molecule has 1 aliphatic rings. The smallest absolute Gasteiger partial charge is 0.176 e. The average Bonchev–Trinajstić information content (AvgIpc) is 3.43. The van der Waals surface area contributed by atoms with Gasteiger partial charge in [-0.25, -0.2) is 0 Å². The Morgan fingerprint density at radius 2 is 1.42 bits per heavy atom. The molecule has 1 aliphatic heterocycles. The molecule has 0 unspecified atom stereocenters. The topological polar surface area (TPSA) is 44.1 Å². The summed E-state index contributed by atoms with van der Waals surface area (Å²) >= 11 is 0. The molecule has 5 nitrogen and oxygen atoms in total. The van der Waals surface area contributed by atoms with Crippen molar-refractivity contribution in [2.24, 2.45) is 0 Å². The van der Waals surface area contributed by atoms with Crippen LogP contribution in [0.5, 0.6) is 17.2 Å². The first-order valence-electron chi connectivity index (χ1n) is 10.3. The van der Waals surface area contributed by atoms with E-state index in [1.165, 1.54) is 16.7 Å². The van der Waals surface area contributed by atoms with Gasteiger partial charge in [0.25, 0.3) is 0 Å².